The lowest BCUT2D eigenvalue weighted by atomic mass is 9.90. The molecule has 0 amide bonds. The van der Waals surface area contributed by atoms with E-state index in [0.717, 1.165) is 19.3 Å². The summed E-state index contributed by atoms with van der Waals surface area (Å²) in [5, 5.41) is 8.86. The third-order valence-corrected chi connectivity index (χ3v) is 2.53. The number of nitrogens with two attached hydrogens (primary N) is 1. The van der Waals surface area contributed by atoms with Crippen molar-refractivity contribution >= 4 is 5.97 Å². The average molecular weight is 187 g/mol. The van der Waals surface area contributed by atoms with Gasteiger partial charge in [0, 0.05) is 0 Å². The maximum absolute atomic E-state index is 10.8. The standard InChI is InChI=1S/C10H21NO2/c1-3-5-6-7-8-10(11,4-2)9(12)13/h3-8,11H2,1-2H3,(H,12,13)/t10-/m0/s1. The zero-order chi connectivity index (χ0) is 10.3. The van der Waals surface area contributed by atoms with Crippen LogP contribution in [-0.4, -0.2) is 16.6 Å². The summed E-state index contributed by atoms with van der Waals surface area (Å²) in [7, 11) is 0. The number of unbranched alkanes of at least 4 members (excludes halogenated alkanes) is 3. The van der Waals surface area contributed by atoms with E-state index in [9.17, 15) is 4.79 Å². The molecule has 0 aliphatic carbocycles. The Morgan fingerprint density at radius 1 is 1.31 bits per heavy atom. The van der Waals surface area contributed by atoms with Crippen LogP contribution in [0, 0.1) is 0 Å². The van der Waals surface area contributed by atoms with Crippen LogP contribution < -0.4 is 5.73 Å². The van der Waals surface area contributed by atoms with E-state index in [1.807, 2.05) is 6.92 Å². The van der Waals surface area contributed by atoms with Crippen LogP contribution in [0.4, 0.5) is 0 Å². The van der Waals surface area contributed by atoms with Gasteiger partial charge in [0.2, 0.25) is 0 Å². The van der Waals surface area contributed by atoms with Gasteiger partial charge in [-0.3, -0.25) is 4.79 Å². The predicted octanol–water partition coefficient (Wildman–Crippen LogP) is 2.15. The van der Waals surface area contributed by atoms with E-state index in [0.29, 0.717) is 12.8 Å². The van der Waals surface area contributed by atoms with Gasteiger partial charge >= 0.3 is 5.97 Å². The van der Waals surface area contributed by atoms with E-state index >= 15 is 0 Å². The molecule has 0 heterocycles. The number of rotatable bonds is 7. The summed E-state index contributed by atoms with van der Waals surface area (Å²) in [6.45, 7) is 3.96. The lowest BCUT2D eigenvalue weighted by Crippen LogP contribution is -2.47. The van der Waals surface area contributed by atoms with Gasteiger partial charge in [0.05, 0.1) is 0 Å². The number of carboxylic acid groups (broad SMARTS) is 1. The van der Waals surface area contributed by atoms with Crippen LogP contribution in [0.15, 0.2) is 0 Å². The molecule has 0 aliphatic heterocycles. The molecular weight excluding hydrogens is 166 g/mol. The molecule has 3 nitrogen and oxygen atoms in total. The van der Waals surface area contributed by atoms with Crippen molar-refractivity contribution in [1.82, 2.24) is 0 Å². The van der Waals surface area contributed by atoms with E-state index in [1.165, 1.54) is 6.42 Å². The van der Waals surface area contributed by atoms with Crippen LogP contribution in [0.25, 0.3) is 0 Å². The molecule has 0 bridgehead atoms. The SMILES string of the molecule is CCCCCC[C@@](N)(CC)C(=O)O. The third kappa shape index (κ3) is 4.27. The van der Waals surface area contributed by atoms with Crippen LogP contribution in [0.1, 0.15) is 52.4 Å². The largest absolute Gasteiger partial charge is 0.480 e. The molecule has 3 heteroatoms. The predicted molar refractivity (Wildman–Crippen MR) is 53.6 cm³/mol. The van der Waals surface area contributed by atoms with Crippen molar-refractivity contribution in [3.05, 3.63) is 0 Å². The van der Waals surface area contributed by atoms with E-state index in [1.54, 1.807) is 0 Å². The molecule has 0 fully saturated rings. The van der Waals surface area contributed by atoms with Crippen LogP contribution in [0.5, 0.6) is 0 Å². The Bertz CT molecular complexity index is 159. The van der Waals surface area contributed by atoms with Gasteiger partial charge < -0.3 is 10.8 Å². The first-order valence-corrected chi connectivity index (χ1v) is 5.09. The van der Waals surface area contributed by atoms with Crippen molar-refractivity contribution in [3.8, 4) is 0 Å². The van der Waals surface area contributed by atoms with E-state index < -0.39 is 11.5 Å². The van der Waals surface area contributed by atoms with Crippen molar-refractivity contribution in [2.24, 2.45) is 5.73 Å². The summed E-state index contributed by atoms with van der Waals surface area (Å²) in [6, 6.07) is 0. The highest BCUT2D eigenvalue weighted by molar-refractivity contribution is 5.78. The number of aliphatic carboxylic acids is 1. The van der Waals surface area contributed by atoms with Crippen LogP contribution >= 0.6 is 0 Å². The number of hydrogen-bond acceptors (Lipinski definition) is 2. The molecule has 0 saturated heterocycles. The van der Waals surface area contributed by atoms with Crippen molar-refractivity contribution in [1.29, 1.82) is 0 Å². The first-order chi connectivity index (χ1) is 6.06. The summed E-state index contributed by atoms with van der Waals surface area (Å²) in [4.78, 5) is 10.8. The molecule has 13 heavy (non-hydrogen) atoms. The summed E-state index contributed by atoms with van der Waals surface area (Å²) < 4.78 is 0. The van der Waals surface area contributed by atoms with E-state index in [4.69, 9.17) is 10.8 Å². The van der Waals surface area contributed by atoms with Gasteiger partial charge in [-0.2, -0.15) is 0 Å². The Morgan fingerprint density at radius 2 is 1.92 bits per heavy atom. The molecule has 0 aromatic rings. The number of carbonyl (C=O) groups is 1. The van der Waals surface area contributed by atoms with Gasteiger partial charge in [-0.1, -0.05) is 39.5 Å². The van der Waals surface area contributed by atoms with Gasteiger partial charge in [-0.05, 0) is 12.8 Å². The second kappa shape index (κ2) is 5.97. The molecule has 0 aromatic carbocycles. The normalized spacial score (nSPS) is 15.3. The highest BCUT2D eigenvalue weighted by Crippen LogP contribution is 2.16. The molecule has 0 rings (SSSR count). The van der Waals surface area contributed by atoms with Crippen LogP contribution in [-0.2, 0) is 4.79 Å². The minimum absolute atomic E-state index is 0.508. The molecule has 0 unspecified atom stereocenters. The minimum Gasteiger partial charge on any atom is -0.480 e. The van der Waals surface area contributed by atoms with Gasteiger partial charge in [0.1, 0.15) is 5.54 Å². The summed E-state index contributed by atoms with van der Waals surface area (Å²) in [5.74, 6) is -0.869. The quantitative estimate of drug-likeness (QED) is 0.600. The van der Waals surface area contributed by atoms with Crippen LogP contribution in [0.2, 0.25) is 0 Å². The average Bonchev–Trinajstić information content (AvgIpc) is 2.12. The van der Waals surface area contributed by atoms with Crippen molar-refractivity contribution in [2.45, 2.75) is 57.9 Å². The molecular formula is C10H21NO2. The maximum Gasteiger partial charge on any atom is 0.323 e. The first-order valence-electron chi connectivity index (χ1n) is 5.09. The second-order valence-electron chi connectivity index (χ2n) is 3.63. The Kier molecular flexibility index (Phi) is 5.71. The van der Waals surface area contributed by atoms with Crippen molar-refractivity contribution in [3.63, 3.8) is 0 Å². The van der Waals surface area contributed by atoms with Gasteiger partial charge in [0.25, 0.3) is 0 Å². The van der Waals surface area contributed by atoms with Gasteiger partial charge in [-0.15, -0.1) is 0 Å². The molecule has 0 saturated carbocycles. The summed E-state index contributed by atoms with van der Waals surface area (Å²) in [6.07, 6.45) is 5.44. The zero-order valence-electron chi connectivity index (χ0n) is 8.68. The highest BCUT2D eigenvalue weighted by atomic mass is 16.4. The fourth-order valence-electron chi connectivity index (χ4n) is 1.30. The molecule has 0 spiro atoms. The summed E-state index contributed by atoms with van der Waals surface area (Å²) in [5.41, 5.74) is 4.73. The maximum atomic E-state index is 10.8. The Labute approximate surface area is 80.3 Å². The molecule has 0 aliphatic rings. The molecule has 0 aromatic heterocycles. The lowest BCUT2D eigenvalue weighted by Gasteiger charge is -2.22. The minimum atomic E-state index is -0.992. The van der Waals surface area contributed by atoms with Crippen LogP contribution in [0.3, 0.4) is 0 Å². The number of carboxylic acids is 1. The topological polar surface area (TPSA) is 63.3 Å². The Balaban J connectivity index is 3.78. The molecule has 0 radical (unpaired) electrons. The number of hydrogen-bond donors (Lipinski definition) is 2. The van der Waals surface area contributed by atoms with Crippen molar-refractivity contribution in [2.75, 3.05) is 0 Å². The molecule has 1 atom stereocenters. The highest BCUT2D eigenvalue weighted by Gasteiger charge is 2.30. The first kappa shape index (κ1) is 12.4. The smallest absolute Gasteiger partial charge is 0.323 e. The Hall–Kier alpha value is -0.570. The lowest BCUT2D eigenvalue weighted by molar-refractivity contribution is -0.143. The van der Waals surface area contributed by atoms with E-state index in [2.05, 4.69) is 6.92 Å². The summed E-state index contributed by atoms with van der Waals surface area (Å²) >= 11 is 0. The fraction of sp³-hybridized carbons (Fsp3) is 0.900. The van der Waals surface area contributed by atoms with Crippen molar-refractivity contribution < 1.29 is 9.90 Å². The Morgan fingerprint density at radius 3 is 2.31 bits per heavy atom. The van der Waals surface area contributed by atoms with Gasteiger partial charge in [0.15, 0.2) is 0 Å². The third-order valence-electron chi connectivity index (χ3n) is 2.53. The molecule has 78 valence electrons. The van der Waals surface area contributed by atoms with E-state index in [-0.39, 0.29) is 0 Å². The monoisotopic (exact) mass is 187 g/mol. The van der Waals surface area contributed by atoms with Gasteiger partial charge in [-0.25, -0.2) is 0 Å². The molecule has 3 N–H and O–H groups in total. The second-order valence-corrected chi connectivity index (χ2v) is 3.63. The zero-order valence-corrected chi connectivity index (χ0v) is 8.68. The fourth-order valence-corrected chi connectivity index (χ4v) is 1.30.